The van der Waals surface area contributed by atoms with Gasteiger partial charge in [-0.15, -0.1) is 11.6 Å². The lowest BCUT2D eigenvalue weighted by atomic mass is 10.2. The van der Waals surface area contributed by atoms with Crippen LogP contribution in [0.15, 0.2) is 6.20 Å². The molecule has 5 nitrogen and oxygen atoms in total. The van der Waals surface area contributed by atoms with Gasteiger partial charge in [0.2, 0.25) is 0 Å². The van der Waals surface area contributed by atoms with Crippen LogP contribution in [0.2, 0.25) is 0 Å². The van der Waals surface area contributed by atoms with E-state index in [0.717, 1.165) is 44.8 Å². The van der Waals surface area contributed by atoms with Crippen molar-refractivity contribution in [3.05, 3.63) is 17.5 Å². The fourth-order valence-corrected chi connectivity index (χ4v) is 2.64. The van der Waals surface area contributed by atoms with Crippen molar-refractivity contribution in [1.29, 1.82) is 0 Å². The lowest BCUT2D eigenvalue weighted by Gasteiger charge is -2.21. The lowest BCUT2D eigenvalue weighted by molar-refractivity contribution is 0.0761. The molecule has 106 valence electrons. The Bertz CT molecular complexity index is 446. The number of carbonyl (C=O) groups is 1. The maximum Gasteiger partial charge on any atom is 0.257 e. The first-order chi connectivity index (χ1) is 9.13. The van der Waals surface area contributed by atoms with Crippen LogP contribution in [0.1, 0.15) is 22.5 Å². The highest BCUT2D eigenvalue weighted by Gasteiger charge is 2.22. The smallest absolute Gasteiger partial charge is 0.257 e. The van der Waals surface area contributed by atoms with Crippen LogP contribution in [0.4, 0.5) is 0 Å². The fraction of sp³-hybridized carbons (Fsp3) is 0.692. The van der Waals surface area contributed by atoms with Gasteiger partial charge in [-0.05, 0) is 19.9 Å². The summed E-state index contributed by atoms with van der Waals surface area (Å²) in [6.07, 6.45) is 2.67. The van der Waals surface area contributed by atoms with Crippen LogP contribution in [-0.4, -0.2) is 64.1 Å². The van der Waals surface area contributed by atoms with Gasteiger partial charge in [0.05, 0.1) is 11.8 Å². The Morgan fingerprint density at radius 3 is 2.79 bits per heavy atom. The number of amides is 1. The molecule has 0 unspecified atom stereocenters. The van der Waals surface area contributed by atoms with E-state index in [1.165, 1.54) is 0 Å². The molecule has 0 spiro atoms. The molecule has 0 bridgehead atoms. The lowest BCUT2D eigenvalue weighted by Crippen LogP contribution is -2.35. The molecule has 1 amide bonds. The maximum absolute atomic E-state index is 12.5. The van der Waals surface area contributed by atoms with E-state index >= 15 is 0 Å². The average molecular weight is 285 g/mol. The minimum Gasteiger partial charge on any atom is -0.337 e. The topological polar surface area (TPSA) is 41.4 Å². The molecule has 2 heterocycles. The molecule has 19 heavy (non-hydrogen) atoms. The zero-order chi connectivity index (χ0) is 13.8. The van der Waals surface area contributed by atoms with Crippen LogP contribution >= 0.6 is 11.6 Å². The molecule has 0 aromatic carbocycles. The second kappa shape index (κ2) is 6.39. The third kappa shape index (κ3) is 3.28. The molecule has 0 saturated carbocycles. The van der Waals surface area contributed by atoms with Gasteiger partial charge in [0, 0.05) is 44.8 Å². The highest BCUT2D eigenvalue weighted by atomic mass is 35.5. The second-order valence-electron chi connectivity index (χ2n) is 4.94. The quantitative estimate of drug-likeness (QED) is 0.781. The van der Waals surface area contributed by atoms with Crippen LogP contribution in [0.25, 0.3) is 0 Å². The maximum atomic E-state index is 12.5. The summed E-state index contributed by atoms with van der Waals surface area (Å²) in [7, 11) is 1.86. The van der Waals surface area contributed by atoms with E-state index in [4.69, 9.17) is 11.6 Å². The van der Waals surface area contributed by atoms with Crippen LogP contribution in [0.3, 0.4) is 0 Å². The molecule has 1 aliphatic rings. The number of hydrogen-bond acceptors (Lipinski definition) is 3. The molecule has 2 rings (SSSR count). The third-order valence-corrected chi connectivity index (χ3v) is 3.91. The Morgan fingerprint density at radius 2 is 2.16 bits per heavy atom. The van der Waals surface area contributed by atoms with Gasteiger partial charge in [-0.2, -0.15) is 5.10 Å². The average Bonchev–Trinajstić information content (AvgIpc) is 2.62. The van der Waals surface area contributed by atoms with Crippen LogP contribution < -0.4 is 0 Å². The van der Waals surface area contributed by atoms with Crippen LogP contribution in [0.5, 0.6) is 0 Å². The molecule has 1 aliphatic heterocycles. The molecular formula is C13H21ClN4O. The first-order valence-corrected chi connectivity index (χ1v) is 7.23. The summed E-state index contributed by atoms with van der Waals surface area (Å²) in [5.41, 5.74) is 1.64. The highest BCUT2D eigenvalue weighted by molar-refractivity contribution is 6.18. The van der Waals surface area contributed by atoms with Crippen molar-refractivity contribution >= 4 is 17.5 Å². The van der Waals surface area contributed by atoms with Crippen molar-refractivity contribution in [3.63, 3.8) is 0 Å². The normalized spacial score (nSPS) is 17.5. The van der Waals surface area contributed by atoms with E-state index in [2.05, 4.69) is 10.00 Å². The minimum absolute atomic E-state index is 0.0957. The predicted molar refractivity (Wildman–Crippen MR) is 75.6 cm³/mol. The summed E-state index contributed by atoms with van der Waals surface area (Å²) in [6, 6.07) is 0. The van der Waals surface area contributed by atoms with E-state index in [-0.39, 0.29) is 5.91 Å². The largest absolute Gasteiger partial charge is 0.337 e. The number of halogens is 1. The van der Waals surface area contributed by atoms with Gasteiger partial charge in [0.15, 0.2) is 0 Å². The Labute approximate surface area is 119 Å². The van der Waals surface area contributed by atoms with Gasteiger partial charge in [-0.1, -0.05) is 0 Å². The van der Waals surface area contributed by atoms with Gasteiger partial charge in [0.25, 0.3) is 5.91 Å². The molecule has 6 heteroatoms. The molecule has 0 atom stereocenters. The predicted octanol–water partition coefficient (Wildman–Crippen LogP) is 1.12. The number of carbonyl (C=O) groups excluding carboxylic acids is 1. The first kappa shape index (κ1) is 14.3. The van der Waals surface area contributed by atoms with Crippen molar-refractivity contribution in [3.8, 4) is 0 Å². The number of nitrogens with zero attached hydrogens (tertiary/aromatic N) is 4. The van der Waals surface area contributed by atoms with E-state index in [1.807, 2.05) is 18.9 Å². The molecule has 1 aromatic heterocycles. The summed E-state index contributed by atoms with van der Waals surface area (Å²) in [4.78, 5) is 16.7. The highest BCUT2D eigenvalue weighted by Crippen LogP contribution is 2.12. The van der Waals surface area contributed by atoms with Gasteiger partial charge >= 0.3 is 0 Å². The summed E-state index contributed by atoms with van der Waals surface area (Å²) < 4.78 is 1.74. The zero-order valence-electron chi connectivity index (χ0n) is 11.6. The Hall–Kier alpha value is -1.07. The number of rotatable bonds is 3. The van der Waals surface area contributed by atoms with E-state index in [1.54, 1.807) is 10.9 Å². The van der Waals surface area contributed by atoms with Gasteiger partial charge in [0.1, 0.15) is 0 Å². The number of hydrogen-bond donors (Lipinski definition) is 0. The number of alkyl halides is 1. The SMILES string of the molecule is Cc1c(C(=O)N2CCCN(CCCl)CC2)cnn1C. The Morgan fingerprint density at radius 1 is 1.37 bits per heavy atom. The fourth-order valence-electron chi connectivity index (χ4n) is 2.40. The van der Waals surface area contributed by atoms with Crippen molar-refractivity contribution in [1.82, 2.24) is 19.6 Å². The van der Waals surface area contributed by atoms with Crippen molar-refractivity contribution in [2.24, 2.45) is 7.05 Å². The van der Waals surface area contributed by atoms with Crippen molar-refractivity contribution < 1.29 is 4.79 Å². The monoisotopic (exact) mass is 284 g/mol. The van der Waals surface area contributed by atoms with Crippen molar-refractivity contribution in [2.45, 2.75) is 13.3 Å². The van der Waals surface area contributed by atoms with E-state index in [0.29, 0.717) is 11.4 Å². The van der Waals surface area contributed by atoms with Crippen molar-refractivity contribution in [2.75, 3.05) is 38.6 Å². The summed E-state index contributed by atoms with van der Waals surface area (Å²) in [6.45, 7) is 6.32. The molecule has 1 fully saturated rings. The summed E-state index contributed by atoms with van der Waals surface area (Å²) >= 11 is 5.77. The third-order valence-electron chi connectivity index (χ3n) is 3.74. The molecule has 1 saturated heterocycles. The molecular weight excluding hydrogens is 264 g/mol. The first-order valence-electron chi connectivity index (χ1n) is 6.69. The second-order valence-corrected chi connectivity index (χ2v) is 5.32. The molecule has 1 aromatic rings. The summed E-state index contributed by atoms with van der Waals surface area (Å²) in [5, 5.41) is 4.14. The van der Waals surface area contributed by atoms with Gasteiger partial charge in [-0.25, -0.2) is 0 Å². The van der Waals surface area contributed by atoms with Crippen LogP contribution in [0, 0.1) is 6.92 Å². The van der Waals surface area contributed by atoms with E-state index < -0.39 is 0 Å². The van der Waals surface area contributed by atoms with Gasteiger partial charge < -0.3 is 9.80 Å². The standard InChI is InChI=1S/C13H21ClN4O/c1-11-12(10-15-16(11)2)13(19)18-6-3-5-17(7-4-14)8-9-18/h10H,3-9H2,1-2H3. The summed E-state index contributed by atoms with van der Waals surface area (Å²) in [5.74, 6) is 0.744. The van der Waals surface area contributed by atoms with Crippen LogP contribution in [-0.2, 0) is 7.05 Å². The Balaban J connectivity index is 2.02. The zero-order valence-corrected chi connectivity index (χ0v) is 12.4. The number of aromatic nitrogens is 2. The molecule has 0 aliphatic carbocycles. The molecule has 0 N–H and O–H groups in total. The van der Waals surface area contributed by atoms with Gasteiger partial charge in [-0.3, -0.25) is 9.48 Å². The Kier molecular flexibility index (Phi) is 4.82. The number of aryl methyl sites for hydroxylation is 1. The minimum atomic E-state index is 0.0957. The van der Waals surface area contributed by atoms with E-state index in [9.17, 15) is 4.79 Å². The molecule has 0 radical (unpaired) electrons.